The molecular formula is C15H18N2OS. The fourth-order valence-electron chi connectivity index (χ4n) is 3.39. The predicted octanol–water partition coefficient (Wildman–Crippen LogP) is 2.23. The van der Waals surface area contributed by atoms with Crippen molar-refractivity contribution < 1.29 is 4.79 Å². The topological polar surface area (TPSA) is 46.3 Å². The molecule has 0 spiro atoms. The molecule has 1 aromatic rings. The van der Waals surface area contributed by atoms with Crippen LogP contribution in [0.1, 0.15) is 30.9 Å². The van der Waals surface area contributed by atoms with Crippen molar-refractivity contribution in [2.45, 2.75) is 32.9 Å². The van der Waals surface area contributed by atoms with Crippen LogP contribution in [0.25, 0.3) is 0 Å². The number of rotatable bonds is 2. The first-order valence-corrected chi connectivity index (χ1v) is 7.10. The molecule has 0 aromatic heterocycles. The van der Waals surface area contributed by atoms with Crippen molar-refractivity contribution in [3.8, 4) is 0 Å². The van der Waals surface area contributed by atoms with Crippen LogP contribution in [0.5, 0.6) is 0 Å². The third-order valence-corrected chi connectivity index (χ3v) is 4.79. The minimum atomic E-state index is -0.573. The molecule has 0 radical (unpaired) electrons. The molecule has 4 heteroatoms. The Morgan fingerprint density at radius 2 is 1.84 bits per heavy atom. The fourth-order valence-corrected chi connectivity index (χ4v) is 3.64. The lowest BCUT2D eigenvalue weighted by atomic mass is 9.61. The van der Waals surface area contributed by atoms with Gasteiger partial charge in [-0.2, -0.15) is 0 Å². The van der Waals surface area contributed by atoms with E-state index in [4.69, 9.17) is 18.0 Å². The molecule has 2 N–H and O–H groups in total. The van der Waals surface area contributed by atoms with Crippen molar-refractivity contribution in [3.63, 3.8) is 0 Å². The van der Waals surface area contributed by atoms with Gasteiger partial charge in [-0.25, -0.2) is 0 Å². The minimum Gasteiger partial charge on any atom is -0.392 e. The average molecular weight is 274 g/mol. The Hall–Kier alpha value is -1.42. The van der Waals surface area contributed by atoms with Gasteiger partial charge in [-0.3, -0.25) is 4.79 Å². The number of fused-ring (bicyclic) bond motifs is 1. The van der Waals surface area contributed by atoms with Crippen LogP contribution < -0.4 is 5.73 Å². The van der Waals surface area contributed by atoms with Crippen LogP contribution in [0.4, 0.5) is 0 Å². The number of carbonyl (C=O) groups excluding carboxylic acids is 1. The third kappa shape index (κ3) is 1.86. The highest BCUT2D eigenvalue weighted by Crippen LogP contribution is 2.48. The molecule has 1 aliphatic carbocycles. The zero-order chi connectivity index (χ0) is 13.6. The standard InChI is InChI=1S/C15H18N2OS/c1-10-6-15(7-10,13(16)19)14(18)17-8-11-4-2-3-5-12(11)9-17/h2-5,10H,6-9H2,1H3,(H2,16,19). The van der Waals surface area contributed by atoms with E-state index in [1.54, 1.807) is 0 Å². The van der Waals surface area contributed by atoms with Gasteiger partial charge in [-0.1, -0.05) is 43.4 Å². The van der Waals surface area contributed by atoms with E-state index in [1.165, 1.54) is 11.1 Å². The molecule has 2 aliphatic rings. The number of thiocarbonyl (C=S) groups is 1. The van der Waals surface area contributed by atoms with Gasteiger partial charge in [0.15, 0.2) is 0 Å². The minimum absolute atomic E-state index is 0.120. The molecule has 1 heterocycles. The Kier molecular flexibility index (Phi) is 2.86. The number of hydrogen-bond donors (Lipinski definition) is 1. The number of amides is 1. The highest BCUT2D eigenvalue weighted by Gasteiger charge is 2.52. The molecule has 1 aromatic carbocycles. The third-order valence-electron chi connectivity index (χ3n) is 4.40. The van der Waals surface area contributed by atoms with E-state index in [0.29, 0.717) is 24.0 Å². The predicted molar refractivity (Wildman–Crippen MR) is 78.3 cm³/mol. The monoisotopic (exact) mass is 274 g/mol. The van der Waals surface area contributed by atoms with Crippen LogP contribution in [0.2, 0.25) is 0 Å². The van der Waals surface area contributed by atoms with Crippen LogP contribution in [0.15, 0.2) is 24.3 Å². The second-order valence-electron chi connectivity index (χ2n) is 5.89. The zero-order valence-electron chi connectivity index (χ0n) is 11.1. The largest absolute Gasteiger partial charge is 0.392 e. The van der Waals surface area contributed by atoms with Gasteiger partial charge in [0.2, 0.25) is 5.91 Å². The molecule has 19 heavy (non-hydrogen) atoms. The van der Waals surface area contributed by atoms with Crippen molar-refractivity contribution >= 4 is 23.1 Å². The second-order valence-corrected chi connectivity index (χ2v) is 6.33. The quantitative estimate of drug-likeness (QED) is 0.841. The lowest BCUT2D eigenvalue weighted by Gasteiger charge is -2.46. The molecule has 100 valence electrons. The number of benzene rings is 1. The van der Waals surface area contributed by atoms with Crippen molar-refractivity contribution in [2.75, 3.05) is 0 Å². The molecule has 0 saturated heterocycles. The van der Waals surface area contributed by atoms with Gasteiger partial charge >= 0.3 is 0 Å². The lowest BCUT2D eigenvalue weighted by molar-refractivity contribution is -0.144. The van der Waals surface area contributed by atoms with Gasteiger partial charge in [-0.15, -0.1) is 0 Å². The first kappa shape index (κ1) is 12.6. The fraction of sp³-hybridized carbons (Fsp3) is 0.467. The Morgan fingerprint density at radius 3 is 2.26 bits per heavy atom. The smallest absolute Gasteiger partial charge is 0.236 e. The molecule has 0 atom stereocenters. The molecule has 1 aliphatic heterocycles. The van der Waals surface area contributed by atoms with Gasteiger partial charge in [0.05, 0.1) is 10.4 Å². The van der Waals surface area contributed by atoms with Crippen LogP contribution in [0, 0.1) is 11.3 Å². The summed E-state index contributed by atoms with van der Waals surface area (Å²) in [5, 5.41) is 0. The Morgan fingerprint density at radius 1 is 1.32 bits per heavy atom. The van der Waals surface area contributed by atoms with E-state index < -0.39 is 5.41 Å². The number of nitrogens with two attached hydrogens (primary N) is 1. The van der Waals surface area contributed by atoms with E-state index >= 15 is 0 Å². The molecule has 0 bridgehead atoms. The van der Waals surface area contributed by atoms with Gasteiger partial charge in [0.25, 0.3) is 0 Å². The normalized spacial score (nSPS) is 28.7. The number of nitrogens with zero attached hydrogens (tertiary/aromatic N) is 1. The molecule has 1 saturated carbocycles. The SMILES string of the molecule is CC1CC(C(=O)N2Cc3ccccc3C2)(C(N)=S)C1. The highest BCUT2D eigenvalue weighted by atomic mass is 32.1. The summed E-state index contributed by atoms with van der Waals surface area (Å²) in [7, 11) is 0. The molecule has 1 fully saturated rings. The summed E-state index contributed by atoms with van der Waals surface area (Å²) in [5.74, 6) is 0.657. The van der Waals surface area contributed by atoms with Crippen molar-refractivity contribution in [2.24, 2.45) is 17.1 Å². The highest BCUT2D eigenvalue weighted by molar-refractivity contribution is 7.80. The molecule has 1 amide bonds. The van der Waals surface area contributed by atoms with E-state index in [0.717, 1.165) is 12.8 Å². The Labute approximate surface area is 118 Å². The molecule has 3 rings (SSSR count). The maximum absolute atomic E-state index is 12.8. The van der Waals surface area contributed by atoms with E-state index in [9.17, 15) is 4.79 Å². The summed E-state index contributed by atoms with van der Waals surface area (Å²) in [4.78, 5) is 15.0. The first-order valence-electron chi connectivity index (χ1n) is 6.69. The van der Waals surface area contributed by atoms with Crippen LogP contribution in [-0.2, 0) is 17.9 Å². The van der Waals surface area contributed by atoms with Crippen molar-refractivity contribution in [1.29, 1.82) is 0 Å². The summed E-state index contributed by atoms with van der Waals surface area (Å²) < 4.78 is 0. The van der Waals surface area contributed by atoms with E-state index in [-0.39, 0.29) is 5.91 Å². The average Bonchev–Trinajstić information content (AvgIpc) is 2.77. The van der Waals surface area contributed by atoms with Gasteiger partial charge in [-0.05, 0) is 29.9 Å². The van der Waals surface area contributed by atoms with Gasteiger partial charge in [0.1, 0.15) is 0 Å². The lowest BCUT2D eigenvalue weighted by Crippen LogP contribution is -2.56. The van der Waals surface area contributed by atoms with Crippen molar-refractivity contribution in [3.05, 3.63) is 35.4 Å². The van der Waals surface area contributed by atoms with E-state index in [2.05, 4.69) is 19.1 Å². The summed E-state index contributed by atoms with van der Waals surface area (Å²) in [6, 6.07) is 8.20. The van der Waals surface area contributed by atoms with Gasteiger partial charge < -0.3 is 10.6 Å². The molecule has 3 nitrogen and oxygen atoms in total. The zero-order valence-corrected chi connectivity index (χ0v) is 11.9. The van der Waals surface area contributed by atoms with Gasteiger partial charge in [0, 0.05) is 13.1 Å². The Bertz CT molecular complexity index is 524. The number of hydrogen-bond acceptors (Lipinski definition) is 2. The first-order chi connectivity index (χ1) is 9.03. The van der Waals surface area contributed by atoms with E-state index in [1.807, 2.05) is 17.0 Å². The summed E-state index contributed by atoms with van der Waals surface area (Å²) >= 11 is 5.16. The Balaban J connectivity index is 1.81. The second kappa shape index (κ2) is 4.30. The summed E-state index contributed by atoms with van der Waals surface area (Å²) in [5.41, 5.74) is 7.75. The summed E-state index contributed by atoms with van der Waals surface area (Å²) in [6.07, 6.45) is 1.60. The summed E-state index contributed by atoms with van der Waals surface area (Å²) in [6.45, 7) is 3.52. The van der Waals surface area contributed by atoms with Crippen LogP contribution >= 0.6 is 12.2 Å². The van der Waals surface area contributed by atoms with Crippen LogP contribution in [-0.4, -0.2) is 15.8 Å². The molecular weight excluding hydrogens is 256 g/mol. The maximum Gasteiger partial charge on any atom is 0.236 e. The van der Waals surface area contributed by atoms with Crippen molar-refractivity contribution in [1.82, 2.24) is 4.90 Å². The number of carbonyl (C=O) groups is 1. The molecule has 0 unspecified atom stereocenters. The maximum atomic E-state index is 12.8. The van der Waals surface area contributed by atoms with Crippen LogP contribution in [0.3, 0.4) is 0 Å².